The molecule has 0 aliphatic carbocycles. The fraction of sp³-hybridized carbons (Fsp3) is 0.333. The number of nitrogens with one attached hydrogen (secondary N) is 1. The fourth-order valence-electron chi connectivity index (χ4n) is 2.72. The summed E-state index contributed by atoms with van der Waals surface area (Å²) in [7, 11) is 0. The maximum absolute atomic E-state index is 12.2. The van der Waals surface area contributed by atoms with Crippen LogP contribution in [-0.2, 0) is 4.79 Å². The highest BCUT2D eigenvalue weighted by atomic mass is 32.2. The number of aromatic nitrogens is 4. The minimum absolute atomic E-state index is 0.106. The maximum atomic E-state index is 12.2. The number of ether oxygens (including phenoxy) is 2. The molecule has 3 aromatic rings. The second-order valence-electron chi connectivity index (χ2n) is 6.48. The van der Waals surface area contributed by atoms with E-state index in [0.29, 0.717) is 24.9 Å². The SMILES string of the molecule is CCOc1ccc(OCCNC(=O)CSc2nnnn2-c2cccc(C)c2C)cc1. The van der Waals surface area contributed by atoms with Crippen molar-refractivity contribution in [1.82, 2.24) is 25.5 Å². The van der Waals surface area contributed by atoms with Gasteiger partial charge >= 0.3 is 0 Å². The number of hydrogen-bond acceptors (Lipinski definition) is 7. The lowest BCUT2D eigenvalue weighted by Gasteiger charge is -2.10. The summed E-state index contributed by atoms with van der Waals surface area (Å²) in [6.45, 7) is 7.42. The van der Waals surface area contributed by atoms with Crippen molar-refractivity contribution in [2.75, 3.05) is 25.5 Å². The van der Waals surface area contributed by atoms with Gasteiger partial charge in [0.25, 0.3) is 0 Å². The third-order valence-corrected chi connectivity index (χ3v) is 5.32. The van der Waals surface area contributed by atoms with Crippen LogP contribution >= 0.6 is 11.8 Å². The van der Waals surface area contributed by atoms with Crippen molar-refractivity contribution in [3.63, 3.8) is 0 Å². The van der Waals surface area contributed by atoms with E-state index in [9.17, 15) is 4.79 Å². The molecule has 158 valence electrons. The summed E-state index contributed by atoms with van der Waals surface area (Å²) in [6.07, 6.45) is 0. The lowest BCUT2D eigenvalue weighted by Crippen LogP contribution is -2.29. The van der Waals surface area contributed by atoms with Gasteiger partial charge in [-0.2, -0.15) is 4.68 Å². The van der Waals surface area contributed by atoms with Crippen LogP contribution in [0.4, 0.5) is 0 Å². The Hall–Kier alpha value is -3.07. The number of nitrogens with zero attached hydrogens (tertiary/aromatic N) is 4. The minimum atomic E-state index is -0.106. The van der Waals surface area contributed by atoms with Gasteiger partial charge in [-0.15, -0.1) is 5.10 Å². The average Bonchev–Trinajstić information content (AvgIpc) is 3.21. The van der Waals surface area contributed by atoms with Crippen LogP contribution in [0.3, 0.4) is 0 Å². The number of carbonyl (C=O) groups is 1. The molecule has 3 rings (SSSR count). The molecule has 0 saturated heterocycles. The minimum Gasteiger partial charge on any atom is -0.494 e. The second-order valence-corrected chi connectivity index (χ2v) is 7.43. The third-order valence-electron chi connectivity index (χ3n) is 4.41. The predicted octanol–water partition coefficient (Wildman–Crippen LogP) is 2.97. The first kappa shape index (κ1) is 21.6. The molecule has 0 unspecified atom stereocenters. The van der Waals surface area contributed by atoms with Crippen LogP contribution in [0.2, 0.25) is 0 Å². The highest BCUT2D eigenvalue weighted by Crippen LogP contribution is 2.22. The Bertz CT molecular complexity index is 975. The highest BCUT2D eigenvalue weighted by Gasteiger charge is 2.13. The quantitative estimate of drug-likeness (QED) is 0.393. The molecule has 1 amide bonds. The molecule has 1 heterocycles. The van der Waals surface area contributed by atoms with Gasteiger partial charge in [0.05, 0.1) is 24.6 Å². The average molecular weight is 428 g/mol. The highest BCUT2D eigenvalue weighted by molar-refractivity contribution is 7.99. The van der Waals surface area contributed by atoms with E-state index in [1.807, 2.05) is 63.2 Å². The second kappa shape index (κ2) is 10.6. The molecular formula is C21H25N5O3S. The molecule has 1 N–H and O–H groups in total. The molecular weight excluding hydrogens is 402 g/mol. The molecule has 0 atom stereocenters. The Morgan fingerprint density at radius 2 is 1.83 bits per heavy atom. The van der Waals surface area contributed by atoms with Crippen LogP contribution in [0.15, 0.2) is 47.6 Å². The lowest BCUT2D eigenvalue weighted by atomic mass is 10.1. The molecule has 0 bridgehead atoms. The summed E-state index contributed by atoms with van der Waals surface area (Å²) in [6, 6.07) is 13.4. The number of carbonyl (C=O) groups excluding carboxylic acids is 1. The lowest BCUT2D eigenvalue weighted by molar-refractivity contribution is -0.118. The fourth-order valence-corrected chi connectivity index (χ4v) is 3.44. The normalized spacial score (nSPS) is 10.6. The topological polar surface area (TPSA) is 91.2 Å². The zero-order valence-electron chi connectivity index (χ0n) is 17.3. The number of aryl methyl sites for hydroxylation is 1. The molecule has 30 heavy (non-hydrogen) atoms. The maximum Gasteiger partial charge on any atom is 0.230 e. The van der Waals surface area contributed by atoms with E-state index < -0.39 is 0 Å². The third kappa shape index (κ3) is 5.73. The summed E-state index contributed by atoms with van der Waals surface area (Å²) in [5.41, 5.74) is 3.17. The number of benzene rings is 2. The molecule has 0 spiro atoms. The van der Waals surface area contributed by atoms with Gasteiger partial charge in [-0.25, -0.2) is 0 Å². The molecule has 0 radical (unpaired) electrons. The first-order chi connectivity index (χ1) is 14.6. The molecule has 0 fully saturated rings. The van der Waals surface area contributed by atoms with Crippen LogP contribution in [-0.4, -0.2) is 51.6 Å². The molecule has 1 aromatic heterocycles. The summed E-state index contributed by atoms with van der Waals surface area (Å²) in [5.74, 6) is 1.65. The van der Waals surface area contributed by atoms with E-state index in [2.05, 4.69) is 20.8 Å². The largest absolute Gasteiger partial charge is 0.494 e. The summed E-state index contributed by atoms with van der Waals surface area (Å²) >= 11 is 1.29. The molecule has 8 nitrogen and oxygen atoms in total. The van der Waals surface area contributed by atoms with E-state index in [-0.39, 0.29) is 11.7 Å². The Labute approximate surface area is 180 Å². The predicted molar refractivity (Wildman–Crippen MR) is 115 cm³/mol. The van der Waals surface area contributed by atoms with Crippen LogP contribution < -0.4 is 14.8 Å². The van der Waals surface area contributed by atoms with E-state index >= 15 is 0 Å². The zero-order chi connectivity index (χ0) is 21.3. The molecule has 0 aliphatic rings. The Morgan fingerprint density at radius 3 is 2.57 bits per heavy atom. The van der Waals surface area contributed by atoms with Crippen LogP contribution in [0.25, 0.3) is 5.69 Å². The van der Waals surface area contributed by atoms with E-state index in [1.165, 1.54) is 11.8 Å². The van der Waals surface area contributed by atoms with Gasteiger partial charge in [0.1, 0.15) is 18.1 Å². The number of rotatable bonds is 10. The summed E-state index contributed by atoms with van der Waals surface area (Å²) < 4.78 is 12.7. The summed E-state index contributed by atoms with van der Waals surface area (Å²) in [5, 5.41) is 15.3. The van der Waals surface area contributed by atoms with Crippen molar-refractivity contribution in [1.29, 1.82) is 0 Å². The Kier molecular flexibility index (Phi) is 7.67. The van der Waals surface area contributed by atoms with Crippen LogP contribution in [0.5, 0.6) is 11.5 Å². The monoisotopic (exact) mass is 427 g/mol. The Morgan fingerprint density at radius 1 is 1.10 bits per heavy atom. The first-order valence-electron chi connectivity index (χ1n) is 9.68. The smallest absolute Gasteiger partial charge is 0.230 e. The Balaban J connectivity index is 1.43. The number of thioether (sulfide) groups is 1. The van der Waals surface area contributed by atoms with Crippen molar-refractivity contribution < 1.29 is 14.3 Å². The van der Waals surface area contributed by atoms with Gasteiger partial charge in [0, 0.05) is 0 Å². The van der Waals surface area contributed by atoms with E-state index in [4.69, 9.17) is 9.47 Å². The number of amides is 1. The van der Waals surface area contributed by atoms with Crippen LogP contribution in [0, 0.1) is 13.8 Å². The number of tetrazole rings is 1. The van der Waals surface area contributed by atoms with Crippen molar-refractivity contribution in [2.45, 2.75) is 25.9 Å². The van der Waals surface area contributed by atoms with Crippen molar-refractivity contribution >= 4 is 17.7 Å². The zero-order valence-corrected chi connectivity index (χ0v) is 18.1. The first-order valence-corrected chi connectivity index (χ1v) is 10.7. The molecule has 0 aliphatic heterocycles. The van der Waals surface area contributed by atoms with Gasteiger partial charge < -0.3 is 14.8 Å². The van der Waals surface area contributed by atoms with Crippen LogP contribution in [0.1, 0.15) is 18.1 Å². The van der Waals surface area contributed by atoms with E-state index in [0.717, 1.165) is 28.3 Å². The van der Waals surface area contributed by atoms with Gasteiger partial charge in [-0.05, 0) is 72.7 Å². The van der Waals surface area contributed by atoms with Crippen molar-refractivity contribution in [3.8, 4) is 17.2 Å². The standard InChI is InChI=1S/C21H25N5O3S/c1-4-28-17-8-10-18(11-9-17)29-13-12-22-20(27)14-30-21-23-24-25-26(21)19-7-5-6-15(2)16(19)3/h5-11H,4,12-14H2,1-3H3,(H,22,27). The number of hydrogen-bond donors (Lipinski definition) is 1. The summed E-state index contributed by atoms with van der Waals surface area (Å²) in [4.78, 5) is 12.2. The van der Waals surface area contributed by atoms with E-state index in [1.54, 1.807) is 4.68 Å². The molecule has 2 aromatic carbocycles. The van der Waals surface area contributed by atoms with Gasteiger partial charge in [-0.3, -0.25) is 4.79 Å². The molecule has 0 saturated carbocycles. The van der Waals surface area contributed by atoms with Gasteiger partial charge in [-0.1, -0.05) is 23.9 Å². The van der Waals surface area contributed by atoms with Gasteiger partial charge in [0.2, 0.25) is 11.1 Å². The van der Waals surface area contributed by atoms with Crippen molar-refractivity contribution in [3.05, 3.63) is 53.6 Å². The molecule has 9 heteroatoms. The van der Waals surface area contributed by atoms with Crippen molar-refractivity contribution in [2.24, 2.45) is 0 Å². The van der Waals surface area contributed by atoms with Gasteiger partial charge in [0.15, 0.2) is 0 Å².